The zero-order valence-electron chi connectivity index (χ0n) is 9.22. The van der Waals surface area contributed by atoms with Gasteiger partial charge in [0.15, 0.2) is 4.33 Å². The van der Waals surface area contributed by atoms with E-state index >= 15 is 0 Å². The maximum atomic E-state index is 12.7. The van der Waals surface area contributed by atoms with Crippen molar-refractivity contribution >= 4 is 45.1 Å². The molecule has 0 spiro atoms. The van der Waals surface area contributed by atoms with Gasteiger partial charge < -0.3 is 5.11 Å². The van der Waals surface area contributed by atoms with E-state index in [9.17, 15) is 18.0 Å². The van der Waals surface area contributed by atoms with Crippen molar-refractivity contribution in [2.24, 2.45) is 17.8 Å². The monoisotopic (exact) mass is 378 g/mol. The molecule has 0 radical (unpaired) electrons. The second-order valence-corrected chi connectivity index (χ2v) is 6.76. The first-order valence-electron chi connectivity index (χ1n) is 5.33. The Labute approximate surface area is 125 Å². The lowest BCUT2D eigenvalue weighted by Crippen LogP contribution is -2.33. The van der Waals surface area contributed by atoms with Crippen molar-refractivity contribution in [3.8, 4) is 0 Å². The van der Waals surface area contributed by atoms with Gasteiger partial charge in [-0.1, -0.05) is 51.3 Å². The number of aliphatic carboxylic acids is 1. The minimum Gasteiger partial charge on any atom is -0.481 e. The predicted molar refractivity (Wildman–Crippen MR) is 68.3 cm³/mol. The van der Waals surface area contributed by atoms with Gasteiger partial charge in [0.05, 0.1) is 11.5 Å². The molecule has 0 saturated heterocycles. The minimum atomic E-state index is -4.56. The van der Waals surface area contributed by atoms with Crippen molar-refractivity contribution in [1.29, 1.82) is 0 Å². The highest BCUT2D eigenvalue weighted by Gasteiger charge is 2.56. The molecule has 2 aliphatic rings. The van der Waals surface area contributed by atoms with Crippen LogP contribution in [0.5, 0.6) is 0 Å². The van der Waals surface area contributed by atoms with Gasteiger partial charge in [-0.3, -0.25) is 4.79 Å². The van der Waals surface area contributed by atoms with E-state index in [1.807, 2.05) is 0 Å². The van der Waals surface area contributed by atoms with Crippen molar-refractivity contribution in [3.63, 3.8) is 0 Å². The summed E-state index contributed by atoms with van der Waals surface area (Å²) in [5, 5.41) is 8.86. The maximum Gasteiger partial charge on any atom is 0.417 e. The number of hydrogen-bond acceptors (Lipinski definition) is 1. The Morgan fingerprint density at radius 3 is 2.47 bits per heavy atom. The highest BCUT2D eigenvalue weighted by molar-refractivity contribution is 9.11. The van der Waals surface area contributed by atoms with E-state index < -0.39 is 33.9 Å². The summed E-state index contributed by atoms with van der Waals surface area (Å²) >= 11 is 14.8. The Balaban J connectivity index is 2.29. The van der Waals surface area contributed by atoms with Gasteiger partial charge in [-0.2, -0.15) is 13.2 Å². The zero-order chi connectivity index (χ0) is 14.6. The van der Waals surface area contributed by atoms with Crippen LogP contribution in [0.3, 0.4) is 0 Å². The lowest BCUT2D eigenvalue weighted by atomic mass is 9.90. The molecule has 106 valence electrons. The predicted octanol–water partition coefficient (Wildman–Crippen LogP) is 4.28. The Morgan fingerprint density at radius 1 is 1.47 bits per heavy atom. The van der Waals surface area contributed by atoms with E-state index in [1.54, 1.807) is 0 Å². The van der Waals surface area contributed by atoms with E-state index in [2.05, 4.69) is 15.9 Å². The van der Waals surface area contributed by atoms with Crippen LogP contribution in [0.2, 0.25) is 0 Å². The molecule has 2 aliphatic carbocycles. The van der Waals surface area contributed by atoms with E-state index in [1.165, 1.54) is 6.08 Å². The van der Waals surface area contributed by atoms with Crippen LogP contribution in [0.15, 0.2) is 22.2 Å². The third-order valence-electron chi connectivity index (χ3n) is 3.34. The summed E-state index contributed by atoms with van der Waals surface area (Å²) in [4.78, 5) is 10.8. The fourth-order valence-corrected chi connectivity index (χ4v) is 3.54. The van der Waals surface area contributed by atoms with Crippen LogP contribution in [-0.2, 0) is 4.79 Å². The number of alkyl halides is 5. The SMILES string of the molecule is O=C(O)[C@@H]1C[C@H]1C1C=CC(C(F)(F)F)=C(Br)C1(Cl)Cl. The quantitative estimate of drug-likeness (QED) is 0.727. The first kappa shape index (κ1) is 15.2. The zero-order valence-corrected chi connectivity index (χ0v) is 12.3. The molecule has 1 saturated carbocycles. The van der Waals surface area contributed by atoms with Gasteiger partial charge in [-0.05, 0) is 12.3 Å². The molecule has 1 unspecified atom stereocenters. The van der Waals surface area contributed by atoms with Crippen LogP contribution in [0.25, 0.3) is 0 Å². The fraction of sp³-hybridized carbons (Fsp3) is 0.545. The van der Waals surface area contributed by atoms with Crippen molar-refractivity contribution in [2.45, 2.75) is 16.9 Å². The summed E-state index contributed by atoms with van der Waals surface area (Å²) in [6.45, 7) is 0. The number of carboxylic acid groups (broad SMARTS) is 1. The molecule has 0 aromatic rings. The summed E-state index contributed by atoms with van der Waals surface area (Å²) in [6.07, 6.45) is -2.05. The van der Waals surface area contributed by atoms with E-state index in [0.29, 0.717) is 6.42 Å². The number of hydrogen-bond donors (Lipinski definition) is 1. The second-order valence-electron chi connectivity index (χ2n) is 4.58. The lowest BCUT2D eigenvalue weighted by Gasteiger charge is -2.33. The number of carboxylic acids is 1. The molecule has 2 rings (SSSR count). The van der Waals surface area contributed by atoms with Crippen LogP contribution in [0.1, 0.15) is 6.42 Å². The van der Waals surface area contributed by atoms with Gasteiger partial charge in [0.1, 0.15) is 0 Å². The molecule has 19 heavy (non-hydrogen) atoms. The maximum absolute atomic E-state index is 12.7. The first-order chi connectivity index (χ1) is 8.56. The summed E-state index contributed by atoms with van der Waals surface area (Å²) in [7, 11) is 0. The Morgan fingerprint density at radius 2 is 2.05 bits per heavy atom. The minimum absolute atomic E-state index is 0.342. The molecule has 0 amide bonds. The number of halogens is 6. The van der Waals surface area contributed by atoms with Gasteiger partial charge in [0, 0.05) is 10.4 Å². The molecule has 1 fully saturated rings. The van der Waals surface area contributed by atoms with Crippen molar-refractivity contribution in [2.75, 3.05) is 0 Å². The summed E-state index contributed by atoms with van der Waals surface area (Å²) < 4.78 is 36.0. The Bertz CT molecular complexity index is 485. The van der Waals surface area contributed by atoms with Gasteiger partial charge >= 0.3 is 12.1 Å². The van der Waals surface area contributed by atoms with Gasteiger partial charge in [0.25, 0.3) is 0 Å². The lowest BCUT2D eigenvalue weighted by molar-refractivity contribution is -0.139. The smallest absolute Gasteiger partial charge is 0.417 e. The largest absolute Gasteiger partial charge is 0.481 e. The number of rotatable bonds is 2. The Kier molecular flexibility index (Phi) is 3.73. The van der Waals surface area contributed by atoms with Crippen LogP contribution >= 0.6 is 39.1 Å². The molecular formula is C11H8BrCl2F3O2. The third-order valence-corrected chi connectivity index (χ3v) is 5.73. The van der Waals surface area contributed by atoms with Crippen LogP contribution in [0, 0.1) is 17.8 Å². The molecule has 2 nitrogen and oxygen atoms in total. The van der Waals surface area contributed by atoms with Gasteiger partial charge in [-0.15, -0.1) is 0 Å². The summed E-state index contributed by atoms with van der Waals surface area (Å²) in [5.74, 6) is -2.58. The average Bonchev–Trinajstić information content (AvgIpc) is 2.99. The van der Waals surface area contributed by atoms with E-state index in [4.69, 9.17) is 28.3 Å². The average molecular weight is 380 g/mol. The molecule has 0 aliphatic heterocycles. The van der Waals surface area contributed by atoms with Gasteiger partial charge in [0.2, 0.25) is 0 Å². The molecule has 0 aromatic carbocycles. The standard InChI is InChI=1S/C11H8BrCl2F3O2/c12-8-7(11(15,16)17)2-1-6(10(8,13)14)4-3-5(4)9(18)19/h1-2,4-6H,3H2,(H,18,19)/t4-,5-,6?/m1/s1. The summed E-state index contributed by atoms with van der Waals surface area (Å²) in [6, 6.07) is 0. The van der Waals surface area contributed by atoms with E-state index in [0.717, 1.165) is 6.08 Å². The van der Waals surface area contributed by atoms with Crippen LogP contribution in [-0.4, -0.2) is 21.6 Å². The normalized spacial score (nSPS) is 33.5. The molecule has 8 heteroatoms. The highest BCUT2D eigenvalue weighted by Crippen LogP contribution is 2.58. The molecule has 0 heterocycles. The number of carbonyl (C=O) groups is 1. The van der Waals surface area contributed by atoms with Crippen LogP contribution in [0.4, 0.5) is 13.2 Å². The van der Waals surface area contributed by atoms with Crippen molar-refractivity contribution in [3.05, 3.63) is 22.2 Å². The molecule has 1 N–H and O–H groups in total. The van der Waals surface area contributed by atoms with Crippen molar-refractivity contribution in [1.82, 2.24) is 0 Å². The topological polar surface area (TPSA) is 37.3 Å². The fourth-order valence-electron chi connectivity index (χ4n) is 2.25. The first-order valence-corrected chi connectivity index (χ1v) is 6.88. The third kappa shape index (κ3) is 2.67. The molecule has 0 bridgehead atoms. The van der Waals surface area contributed by atoms with Gasteiger partial charge in [-0.25, -0.2) is 0 Å². The number of allylic oxidation sites excluding steroid dienone is 4. The van der Waals surface area contributed by atoms with E-state index in [-0.39, 0.29) is 10.4 Å². The Hall–Kier alpha value is -0.200. The molecular weight excluding hydrogens is 372 g/mol. The second kappa shape index (κ2) is 4.67. The summed E-state index contributed by atoms with van der Waals surface area (Å²) in [5.41, 5.74) is -0.943. The van der Waals surface area contributed by atoms with Crippen molar-refractivity contribution < 1.29 is 23.1 Å². The highest BCUT2D eigenvalue weighted by atomic mass is 79.9. The van der Waals surface area contributed by atoms with Crippen LogP contribution < -0.4 is 0 Å². The molecule has 0 aromatic heterocycles. The molecule has 3 atom stereocenters.